The first kappa shape index (κ1) is 20.2. The van der Waals surface area contributed by atoms with Gasteiger partial charge in [0, 0.05) is 24.2 Å². The van der Waals surface area contributed by atoms with E-state index in [1.54, 1.807) is 12.8 Å². The molecule has 1 fully saturated rings. The lowest BCUT2D eigenvalue weighted by atomic mass is 10.0. The minimum Gasteiger partial charge on any atom is -0.106 e. The topological polar surface area (TPSA) is 0 Å². The van der Waals surface area contributed by atoms with Gasteiger partial charge >= 0.3 is 0 Å². The van der Waals surface area contributed by atoms with Crippen molar-refractivity contribution in [1.29, 1.82) is 0 Å². The Morgan fingerprint density at radius 2 is 1.10 bits per heavy atom. The molecular formula is C17H41AlSi3. The highest BCUT2D eigenvalue weighted by Crippen LogP contribution is 2.60. The summed E-state index contributed by atoms with van der Waals surface area (Å²) in [7, 11) is -3.57. The van der Waals surface area contributed by atoms with Gasteiger partial charge in [0.1, 0.15) is 0 Å². The Balaban J connectivity index is 3.47. The van der Waals surface area contributed by atoms with Crippen molar-refractivity contribution < 1.29 is 0 Å². The third kappa shape index (κ3) is 3.36. The van der Waals surface area contributed by atoms with Crippen LogP contribution < -0.4 is 0 Å². The summed E-state index contributed by atoms with van der Waals surface area (Å²) >= 11 is -0.682. The Labute approximate surface area is 142 Å². The fraction of sp³-hybridized carbons (Fsp3) is 1.00. The van der Waals surface area contributed by atoms with Gasteiger partial charge in [-0.3, -0.25) is 0 Å². The molecule has 4 heteroatoms. The monoisotopic (exact) mass is 356 g/mol. The maximum atomic E-state index is 2.84. The second-order valence-corrected chi connectivity index (χ2v) is 32.6. The predicted octanol–water partition coefficient (Wildman–Crippen LogP) is 6.82. The van der Waals surface area contributed by atoms with E-state index < -0.39 is 38.4 Å². The molecule has 0 aliphatic heterocycles. The van der Waals surface area contributed by atoms with E-state index in [1.807, 2.05) is 0 Å². The average Bonchev–Trinajstić information content (AvgIpc) is 2.25. The summed E-state index contributed by atoms with van der Waals surface area (Å²) in [5.74, 6) is 5.43. The van der Waals surface area contributed by atoms with Gasteiger partial charge < -0.3 is 0 Å². The highest BCUT2D eigenvalue weighted by molar-refractivity contribution is 7.26. The molecule has 0 bridgehead atoms. The first-order chi connectivity index (χ1) is 9.30. The highest BCUT2D eigenvalue weighted by Gasteiger charge is 2.65. The van der Waals surface area contributed by atoms with Gasteiger partial charge in [0.2, 0.25) is 0 Å². The summed E-state index contributed by atoms with van der Waals surface area (Å²) in [6.07, 6.45) is 7.68. The van der Waals surface area contributed by atoms with Crippen LogP contribution in [-0.2, 0) is 0 Å². The van der Waals surface area contributed by atoms with E-state index in [1.165, 1.54) is 19.3 Å². The van der Waals surface area contributed by atoms with Crippen LogP contribution in [0.1, 0.15) is 32.1 Å². The van der Waals surface area contributed by atoms with Crippen LogP contribution in [0.2, 0.25) is 72.6 Å². The minimum atomic E-state index is -1.23. The molecule has 0 heterocycles. The van der Waals surface area contributed by atoms with Crippen LogP contribution in [-0.4, -0.2) is 38.4 Å². The lowest BCUT2D eigenvalue weighted by molar-refractivity contribution is 0.490. The number of hydrogen-bond acceptors (Lipinski definition) is 0. The molecule has 0 amide bonds. The standard InChI is InChI=1S/C15H35Si3.2CH3.Al/c1-16(2,3)15(17(4,5)6)18(7,8)14-12-10-9-11-13-14;;;/h14H,9-13H2,1-8H3;2*1H3;. The fourth-order valence-corrected chi connectivity index (χ4v) is 56.4. The van der Waals surface area contributed by atoms with Crippen LogP contribution >= 0.6 is 0 Å². The fourth-order valence-electron chi connectivity index (χ4n) is 7.68. The maximum absolute atomic E-state index is 2.84. The zero-order chi connectivity index (χ0) is 16.7. The zero-order valence-corrected chi connectivity index (χ0v) is 20.8. The maximum Gasteiger partial charge on any atom is 0.253 e. The molecule has 0 aromatic rings. The predicted molar refractivity (Wildman–Crippen MR) is 111 cm³/mol. The molecule has 1 aliphatic carbocycles. The molecule has 0 aromatic heterocycles. The quantitative estimate of drug-likeness (QED) is 0.474. The lowest BCUT2D eigenvalue weighted by Crippen LogP contribution is -2.73. The van der Waals surface area contributed by atoms with Crippen LogP contribution in [0.15, 0.2) is 0 Å². The first-order valence-corrected chi connectivity index (χ1v) is 22.3. The SMILES string of the molecule is [CH3][Al]([CH3])[C]([Si](C)(C)C)([Si](C)(C)C)[Si](C)(C)C1CCCCC1. The summed E-state index contributed by atoms with van der Waals surface area (Å²) in [5.41, 5.74) is 1.12. The normalized spacial score (nSPS) is 19.7. The van der Waals surface area contributed by atoms with Crippen molar-refractivity contribution in [3.63, 3.8) is 0 Å². The molecule has 0 unspecified atom stereocenters. The van der Waals surface area contributed by atoms with E-state index >= 15 is 0 Å². The van der Waals surface area contributed by atoms with Gasteiger partial charge in [-0.25, -0.2) is 0 Å². The molecule has 1 aliphatic rings. The molecule has 0 atom stereocenters. The van der Waals surface area contributed by atoms with Crippen molar-refractivity contribution >= 4 is 38.4 Å². The van der Waals surface area contributed by atoms with E-state index in [9.17, 15) is 0 Å². The van der Waals surface area contributed by atoms with Crippen molar-refractivity contribution in [2.45, 2.75) is 105 Å². The Morgan fingerprint density at radius 3 is 1.38 bits per heavy atom. The lowest BCUT2D eigenvalue weighted by Gasteiger charge is -2.65. The van der Waals surface area contributed by atoms with Crippen molar-refractivity contribution in [1.82, 2.24) is 0 Å². The largest absolute Gasteiger partial charge is 0.253 e. The molecule has 1 saturated carbocycles. The Kier molecular flexibility index (Phi) is 6.35. The third-order valence-electron chi connectivity index (χ3n) is 6.87. The Hall–Kier alpha value is 1.18. The third-order valence-corrected chi connectivity index (χ3v) is 43.5. The van der Waals surface area contributed by atoms with Crippen LogP contribution in [0, 0.1) is 0 Å². The molecule has 0 nitrogen and oxygen atoms in total. The van der Waals surface area contributed by atoms with Crippen LogP contribution in [0.4, 0.5) is 0 Å². The molecule has 0 N–H and O–H groups in total. The second-order valence-electron chi connectivity index (χ2n) is 10.5. The summed E-state index contributed by atoms with van der Waals surface area (Å²) in [4.78, 5) is 0. The van der Waals surface area contributed by atoms with Crippen molar-refractivity contribution in [2.24, 2.45) is 0 Å². The van der Waals surface area contributed by atoms with E-state index in [2.05, 4.69) is 63.9 Å². The summed E-state index contributed by atoms with van der Waals surface area (Å²) in [6, 6.07) is 0. The summed E-state index contributed by atoms with van der Waals surface area (Å²) in [5, 5.41) is 0. The van der Waals surface area contributed by atoms with Gasteiger partial charge in [0.05, 0.1) is 0 Å². The van der Waals surface area contributed by atoms with Crippen molar-refractivity contribution in [3.05, 3.63) is 0 Å². The zero-order valence-electron chi connectivity index (χ0n) is 16.7. The molecule has 0 aromatic carbocycles. The van der Waals surface area contributed by atoms with Gasteiger partial charge in [-0.05, 0) is 5.54 Å². The van der Waals surface area contributed by atoms with Crippen molar-refractivity contribution in [2.75, 3.05) is 0 Å². The summed E-state index contributed by atoms with van der Waals surface area (Å²) in [6.45, 7) is 22.1. The average molecular weight is 357 g/mol. The molecular weight excluding hydrogens is 315 g/mol. The molecule has 0 spiro atoms. The molecule has 21 heavy (non-hydrogen) atoms. The first-order valence-electron chi connectivity index (χ1n) is 9.30. The van der Waals surface area contributed by atoms with E-state index in [4.69, 9.17) is 0 Å². The van der Waals surface area contributed by atoms with Crippen LogP contribution in [0.25, 0.3) is 0 Å². The summed E-state index contributed by atoms with van der Waals surface area (Å²) < 4.78 is 0.884. The van der Waals surface area contributed by atoms with Gasteiger partial charge in [-0.15, -0.1) is 11.6 Å². The molecule has 1 rings (SSSR count). The van der Waals surface area contributed by atoms with Crippen LogP contribution in [0.3, 0.4) is 0 Å². The van der Waals surface area contributed by atoms with E-state index in [0.29, 0.717) is 0 Å². The number of hydrogen-bond donors (Lipinski definition) is 0. The number of rotatable bonds is 5. The second kappa shape index (κ2) is 6.59. The van der Waals surface area contributed by atoms with Crippen LogP contribution in [0.5, 0.6) is 0 Å². The molecule has 0 saturated heterocycles. The van der Waals surface area contributed by atoms with Gasteiger partial charge in [-0.1, -0.05) is 87.6 Å². The van der Waals surface area contributed by atoms with Gasteiger partial charge in [0.15, 0.2) is 0 Å². The Bertz CT molecular complexity index is 330. The smallest absolute Gasteiger partial charge is 0.106 e. The van der Waals surface area contributed by atoms with Gasteiger partial charge in [0.25, 0.3) is 14.1 Å². The van der Waals surface area contributed by atoms with Gasteiger partial charge in [-0.2, -0.15) is 0 Å². The highest BCUT2D eigenvalue weighted by atomic mass is 28.5. The minimum absolute atomic E-state index is 0.682. The Morgan fingerprint density at radius 1 is 0.714 bits per heavy atom. The van der Waals surface area contributed by atoms with Crippen molar-refractivity contribution in [3.8, 4) is 0 Å². The van der Waals surface area contributed by atoms with E-state index in [0.717, 1.165) is 8.69 Å². The molecule has 124 valence electrons. The molecule has 0 radical (unpaired) electrons. The van der Waals surface area contributed by atoms with E-state index in [-0.39, 0.29) is 0 Å².